The monoisotopic (exact) mass is 516 g/mol. The Balaban J connectivity index is 1.71. The number of nitrogens with one attached hydrogen (secondary N) is 1. The summed E-state index contributed by atoms with van der Waals surface area (Å²) in [4.78, 5) is 18.3. The van der Waals surface area contributed by atoms with Crippen molar-refractivity contribution < 1.29 is 17.9 Å². The van der Waals surface area contributed by atoms with Gasteiger partial charge < -0.3 is 15.0 Å². The SMILES string of the molecule is CCC(F)(F)c1cccc([C@@H](C)Nc2nc(C)nc3nc(OC)c(N4CCN(C(C)C)CC4)cc23)c1F. The van der Waals surface area contributed by atoms with Gasteiger partial charge in [0.15, 0.2) is 5.65 Å². The van der Waals surface area contributed by atoms with Crippen LogP contribution in [-0.4, -0.2) is 59.2 Å². The molecule has 37 heavy (non-hydrogen) atoms. The van der Waals surface area contributed by atoms with Crippen molar-refractivity contribution in [2.24, 2.45) is 0 Å². The van der Waals surface area contributed by atoms with Gasteiger partial charge in [-0.3, -0.25) is 4.90 Å². The Bertz CT molecular complexity index is 1260. The van der Waals surface area contributed by atoms with Gasteiger partial charge in [0.25, 0.3) is 5.92 Å². The van der Waals surface area contributed by atoms with Crippen LogP contribution >= 0.6 is 0 Å². The summed E-state index contributed by atoms with van der Waals surface area (Å²) in [7, 11) is 1.58. The van der Waals surface area contributed by atoms with Gasteiger partial charge in [0.2, 0.25) is 5.88 Å². The number of piperazine rings is 1. The van der Waals surface area contributed by atoms with Crippen LogP contribution in [0.2, 0.25) is 0 Å². The first kappa shape index (κ1) is 26.9. The van der Waals surface area contributed by atoms with Crippen LogP contribution in [0.1, 0.15) is 57.1 Å². The van der Waals surface area contributed by atoms with Crippen molar-refractivity contribution in [3.05, 3.63) is 47.0 Å². The van der Waals surface area contributed by atoms with Crippen LogP contribution in [-0.2, 0) is 5.92 Å². The highest BCUT2D eigenvalue weighted by Gasteiger charge is 2.34. The Morgan fingerprint density at radius 1 is 1.08 bits per heavy atom. The summed E-state index contributed by atoms with van der Waals surface area (Å²) < 4.78 is 49.5. The molecule has 7 nitrogen and oxygen atoms in total. The third-order valence-electron chi connectivity index (χ3n) is 7.01. The molecule has 3 aromatic rings. The van der Waals surface area contributed by atoms with Crippen molar-refractivity contribution >= 4 is 22.5 Å². The minimum Gasteiger partial charge on any atom is -0.479 e. The summed E-state index contributed by atoms with van der Waals surface area (Å²) >= 11 is 0. The van der Waals surface area contributed by atoms with Crippen LogP contribution in [0.5, 0.6) is 5.88 Å². The molecule has 1 atom stereocenters. The Kier molecular flexibility index (Phi) is 7.77. The number of aromatic nitrogens is 3. The zero-order valence-corrected chi connectivity index (χ0v) is 22.3. The van der Waals surface area contributed by atoms with Crippen molar-refractivity contribution in [1.82, 2.24) is 19.9 Å². The topological polar surface area (TPSA) is 66.4 Å². The Hall–Kier alpha value is -3.14. The first-order valence-corrected chi connectivity index (χ1v) is 12.7. The minimum atomic E-state index is -3.24. The van der Waals surface area contributed by atoms with E-state index in [-0.39, 0.29) is 5.56 Å². The molecule has 1 N–H and O–H groups in total. The average Bonchev–Trinajstić information content (AvgIpc) is 2.87. The number of halogens is 3. The maximum absolute atomic E-state index is 15.2. The van der Waals surface area contributed by atoms with E-state index in [4.69, 9.17) is 4.74 Å². The number of fused-ring (bicyclic) bond motifs is 1. The molecule has 0 unspecified atom stereocenters. The van der Waals surface area contributed by atoms with Gasteiger partial charge in [-0.25, -0.2) is 23.1 Å². The molecule has 3 heterocycles. The number of ether oxygens (including phenoxy) is 1. The van der Waals surface area contributed by atoms with Gasteiger partial charge in [0, 0.05) is 44.2 Å². The number of aryl methyl sites for hydroxylation is 1. The molecule has 1 saturated heterocycles. The zero-order chi connectivity index (χ0) is 26.9. The summed E-state index contributed by atoms with van der Waals surface area (Å²) in [6.45, 7) is 12.7. The number of benzene rings is 1. The number of nitrogens with zero attached hydrogens (tertiary/aromatic N) is 5. The molecule has 0 aliphatic carbocycles. The van der Waals surface area contributed by atoms with Crippen LogP contribution < -0.4 is 15.0 Å². The number of anilines is 2. The molecular weight excluding hydrogens is 481 g/mol. The molecule has 0 radical (unpaired) electrons. The number of pyridine rings is 1. The molecule has 1 fully saturated rings. The summed E-state index contributed by atoms with van der Waals surface area (Å²) in [6, 6.07) is 5.90. The second-order valence-electron chi connectivity index (χ2n) is 9.76. The maximum atomic E-state index is 15.2. The predicted molar refractivity (Wildman–Crippen MR) is 140 cm³/mol. The fraction of sp³-hybridized carbons (Fsp3) is 0.519. The standard InChI is InChI=1S/C27H35F3N6O/c1-7-27(29,30)21-10-8-9-19(23(21)28)17(4)31-24-20-15-22(36-13-11-35(12-14-36)16(2)3)26(37-6)34-25(20)33-18(5)32-24/h8-10,15-17H,7,11-14H2,1-6H3,(H,31,32,33,34)/t17-/m1/s1. The van der Waals surface area contributed by atoms with Crippen LogP contribution in [0.25, 0.3) is 11.0 Å². The fourth-order valence-electron chi connectivity index (χ4n) is 4.74. The lowest BCUT2D eigenvalue weighted by molar-refractivity contribution is -0.0119. The number of hydrogen-bond acceptors (Lipinski definition) is 7. The Morgan fingerprint density at radius 2 is 1.78 bits per heavy atom. The number of rotatable bonds is 8. The van der Waals surface area contributed by atoms with E-state index in [1.807, 2.05) is 6.07 Å². The molecular formula is C27H35F3N6O. The van der Waals surface area contributed by atoms with Gasteiger partial charge >= 0.3 is 0 Å². The molecule has 200 valence electrons. The van der Waals surface area contributed by atoms with Crippen LogP contribution in [0.15, 0.2) is 24.3 Å². The summed E-state index contributed by atoms with van der Waals surface area (Å²) in [5, 5.41) is 3.87. The second kappa shape index (κ2) is 10.7. The first-order chi connectivity index (χ1) is 17.6. The van der Waals surface area contributed by atoms with Gasteiger partial charge in [-0.05, 0) is 33.8 Å². The summed E-state index contributed by atoms with van der Waals surface area (Å²) in [5.74, 6) is -2.75. The van der Waals surface area contributed by atoms with Crippen molar-refractivity contribution in [1.29, 1.82) is 0 Å². The van der Waals surface area contributed by atoms with Gasteiger partial charge in [0.05, 0.1) is 24.1 Å². The predicted octanol–water partition coefficient (Wildman–Crippen LogP) is 5.69. The molecule has 0 saturated carbocycles. The highest BCUT2D eigenvalue weighted by atomic mass is 19.3. The molecule has 1 aromatic carbocycles. The lowest BCUT2D eigenvalue weighted by atomic mass is 9.99. The molecule has 1 aliphatic rings. The quantitative estimate of drug-likeness (QED) is 0.413. The lowest BCUT2D eigenvalue weighted by Gasteiger charge is -2.38. The molecule has 2 aromatic heterocycles. The Labute approximate surface area is 216 Å². The lowest BCUT2D eigenvalue weighted by Crippen LogP contribution is -2.49. The van der Waals surface area contributed by atoms with Crippen LogP contribution in [0.4, 0.5) is 24.7 Å². The van der Waals surface area contributed by atoms with Crippen LogP contribution in [0.3, 0.4) is 0 Å². The van der Waals surface area contributed by atoms with Crippen molar-refractivity contribution in [3.8, 4) is 5.88 Å². The van der Waals surface area contributed by atoms with E-state index in [0.717, 1.165) is 37.9 Å². The largest absolute Gasteiger partial charge is 0.479 e. The third-order valence-corrected chi connectivity index (χ3v) is 7.01. The summed E-state index contributed by atoms with van der Waals surface area (Å²) in [6.07, 6.45) is -0.480. The minimum absolute atomic E-state index is 0.140. The number of alkyl halides is 2. The summed E-state index contributed by atoms with van der Waals surface area (Å²) in [5.41, 5.74) is 0.813. The smallest absolute Gasteiger partial charge is 0.275 e. The molecule has 10 heteroatoms. The third kappa shape index (κ3) is 5.44. The Morgan fingerprint density at radius 3 is 2.41 bits per heavy atom. The molecule has 0 amide bonds. The number of methoxy groups -OCH3 is 1. The van der Waals surface area contributed by atoms with Crippen LogP contribution in [0, 0.1) is 12.7 Å². The molecule has 1 aliphatic heterocycles. The van der Waals surface area contributed by atoms with Crippen molar-refractivity contribution in [2.75, 3.05) is 43.5 Å². The zero-order valence-electron chi connectivity index (χ0n) is 22.3. The van der Waals surface area contributed by atoms with E-state index in [0.29, 0.717) is 34.6 Å². The highest BCUT2D eigenvalue weighted by Crippen LogP contribution is 2.37. The number of hydrogen-bond donors (Lipinski definition) is 1. The van der Waals surface area contributed by atoms with Gasteiger partial charge in [-0.2, -0.15) is 4.98 Å². The van der Waals surface area contributed by atoms with E-state index in [2.05, 4.69) is 43.9 Å². The van der Waals surface area contributed by atoms with E-state index >= 15 is 4.39 Å². The second-order valence-corrected chi connectivity index (χ2v) is 9.76. The van der Waals surface area contributed by atoms with Crippen molar-refractivity contribution in [2.45, 2.75) is 59.0 Å². The van der Waals surface area contributed by atoms with Gasteiger partial charge in [0.1, 0.15) is 23.1 Å². The van der Waals surface area contributed by atoms with Gasteiger partial charge in [-0.1, -0.05) is 25.1 Å². The molecule has 0 spiro atoms. The van der Waals surface area contributed by atoms with E-state index in [1.54, 1.807) is 21.0 Å². The highest BCUT2D eigenvalue weighted by molar-refractivity contribution is 5.90. The molecule has 0 bridgehead atoms. The van der Waals surface area contributed by atoms with E-state index in [1.165, 1.54) is 19.1 Å². The first-order valence-electron chi connectivity index (χ1n) is 12.7. The van der Waals surface area contributed by atoms with E-state index in [9.17, 15) is 8.78 Å². The normalized spacial score (nSPS) is 15.9. The van der Waals surface area contributed by atoms with Crippen molar-refractivity contribution in [3.63, 3.8) is 0 Å². The average molecular weight is 517 g/mol. The van der Waals surface area contributed by atoms with E-state index < -0.39 is 29.8 Å². The molecule has 4 rings (SSSR count). The maximum Gasteiger partial charge on any atom is 0.275 e. The van der Waals surface area contributed by atoms with Gasteiger partial charge in [-0.15, -0.1) is 0 Å². The fourth-order valence-corrected chi connectivity index (χ4v) is 4.74.